The number of carbonyl (C=O) groups is 2. The minimum atomic E-state index is -0.538. The van der Waals surface area contributed by atoms with Crippen molar-refractivity contribution >= 4 is 35.0 Å². The summed E-state index contributed by atoms with van der Waals surface area (Å²) in [5, 5.41) is 6.44. The molecule has 28 heavy (non-hydrogen) atoms. The van der Waals surface area contributed by atoms with Gasteiger partial charge in [0.2, 0.25) is 0 Å². The Kier molecular flexibility index (Phi) is 6.18. The van der Waals surface area contributed by atoms with E-state index in [9.17, 15) is 9.59 Å². The van der Waals surface area contributed by atoms with E-state index in [1.807, 2.05) is 24.3 Å². The molecule has 1 amide bonds. The van der Waals surface area contributed by atoms with Crippen LogP contribution in [0.2, 0.25) is 5.02 Å². The van der Waals surface area contributed by atoms with E-state index in [2.05, 4.69) is 20.6 Å². The first-order valence-electron chi connectivity index (χ1n) is 8.36. The Balaban J connectivity index is 1.64. The zero-order valence-corrected chi connectivity index (χ0v) is 15.7. The summed E-state index contributed by atoms with van der Waals surface area (Å²) in [6.45, 7) is 0.546. The van der Waals surface area contributed by atoms with Crippen LogP contribution in [-0.4, -0.2) is 29.0 Å². The van der Waals surface area contributed by atoms with Gasteiger partial charge in [0.25, 0.3) is 5.91 Å². The van der Waals surface area contributed by atoms with Crippen LogP contribution >= 0.6 is 11.6 Å². The first-order valence-corrected chi connectivity index (χ1v) is 8.73. The van der Waals surface area contributed by atoms with Crippen molar-refractivity contribution in [1.29, 1.82) is 0 Å². The molecule has 2 N–H and O–H groups in total. The van der Waals surface area contributed by atoms with Crippen LogP contribution in [0.3, 0.4) is 0 Å². The predicted molar refractivity (Wildman–Crippen MR) is 107 cm³/mol. The molecule has 142 valence electrons. The lowest BCUT2D eigenvalue weighted by molar-refractivity contribution is 0.0602. The maximum Gasteiger partial charge on any atom is 0.339 e. The van der Waals surface area contributed by atoms with Crippen molar-refractivity contribution in [3.8, 4) is 0 Å². The molecule has 8 heteroatoms. The Hall–Kier alpha value is -3.45. The van der Waals surface area contributed by atoms with Crippen LogP contribution in [0.15, 0.2) is 60.9 Å². The number of esters is 1. The summed E-state index contributed by atoms with van der Waals surface area (Å²) in [6, 6.07) is 14.0. The van der Waals surface area contributed by atoms with Crippen molar-refractivity contribution in [2.45, 2.75) is 6.54 Å². The summed E-state index contributed by atoms with van der Waals surface area (Å²) in [6.07, 6.45) is 2.83. The van der Waals surface area contributed by atoms with Gasteiger partial charge in [0.05, 0.1) is 30.8 Å². The van der Waals surface area contributed by atoms with E-state index in [1.165, 1.54) is 19.5 Å². The second-order valence-corrected chi connectivity index (χ2v) is 6.19. The largest absolute Gasteiger partial charge is 0.465 e. The van der Waals surface area contributed by atoms with E-state index in [4.69, 9.17) is 16.3 Å². The molecule has 0 saturated carbocycles. The Morgan fingerprint density at radius 1 is 1.04 bits per heavy atom. The van der Waals surface area contributed by atoms with Crippen molar-refractivity contribution < 1.29 is 14.3 Å². The smallest absolute Gasteiger partial charge is 0.339 e. The summed E-state index contributed by atoms with van der Waals surface area (Å²) >= 11 is 5.86. The highest BCUT2D eigenvalue weighted by atomic mass is 35.5. The zero-order chi connectivity index (χ0) is 19.9. The molecule has 0 bridgehead atoms. The number of hydrogen-bond donors (Lipinski definition) is 2. The van der Waals surface area contributed by atoms with Crippen LogP contribution in [0.1, 0.15) is 26.4 Å². The van der Waals surface area contributed by atoms with Crippen molar-refractivity contribution in [2.24, 2.45) is 0 Å². The number of nitrogens with one attached hydrogen (secondary N) is 2. The number of benzene rings is 2. The molecule has 0 aliphatic carbocycles. The van der Waals surface area contributed by atoms with E-state index in [0.29, 0.717) is 23.1 Å². The number of amides is 1. The second kappa shape index (κ2) is 8.96. The van der Waals surface area contributed by atoms with Gasteiger partial charge in [-0.25, -0.2) is 14.8 Å². The number of ether oxygens (including phenoxy) is 1. The molecule has 0 aliphatic rings. The standard InChI is InChI=1S/C20H17ClN4O3/c1-28-20(27)15-4-2-3-5-16(15)25-19(26)17-11-24-18(12-22-17)23-10-13-6-8-14(21)9-7-13/h2-9,11-12H,10H2,1H3,(H,23,24)(H,25,26). The fourth-order valence-electron chi connectivity index (χ4n) is 2.40. The number of nitrogens with zero attached hydrogens (tertiary/aromatic N) is 2. The molecule has 0 unspecified atom stereocenters. The van der Waals surface area contributed by atoms with Crippen LogP contribution in [0.25, 0.3) is 0 Å². The lowest BCUT2D eigenvalue weighted by Gasteiger charge is -2.09. The molecule has 0 saturated heterocycles. The van der Waals surface area contributed by atoms with E-state index in [1.54, 1.807) is 24.3 Å². The van der Waals surface area contributed by atoms with Crippen LogP contribution in [-0.2, 0) is 11.3 Å². The van der Waals surface area contributed by atoms with Crippen molar-refractivity contribution in [2.75, 3.05) is 17.7 Å². The number of anilines is 2. The van der Waals surface area contributed by atoms with Gasteiger partial charge in [-0.15, -0.1) is 0 Å². The highest BCUT2D eigenvalue weighted by molar-refractivity contribution is 6.30. The maximum atomic E-state index is 12.4. The van der Waals surface area contributed by atoms with E-state index < -0.39 is 11.9 Å². The van der Waals surface area contributed by atoms with E-state index in [-0.39, 0.29) is 11.3 Å². The molecular formula is C20H17ClN4O3. The van der Waals surface area contributed by atoms with Gasteiger partial charge in [-0.1, -0.05) is 35.9 Å². The fourth-order valence-corrected chi connectivity index (χ4v) is 2.52. The van der Waals surface area contributed by atoms with Gasteiger partial charge in [0.1, 0.15) is 11.5 Å². The van der Waals surface area contributed by atoms with E-state index >= 15 is 0 Å². The van der Waals surface area contributed by atoms with Gasteiger partial charge < -0.3 is 15.4 Å². The number of para-hydroxylation sites is 1. The lowest BCUT2D eigenvalue weighted by atomic mass is 10.1. The topological polar surface area (TPSA) is 93.2 Å². The average molecular weight is 397 g/mol. The van der Waals surface area contributed by atoms with Gasteiger partial charge in [-0.2, -0.15) is 0 Å². The summed E-state index contributed by atoms with van der Waals surface area (Å²) in [5.74, 6) is -0.488. The van der Waals surface area contributed by atoms with Gasteiger partial charge in [-0.3, -0.25) is 4.79 Å². The molecule has 0 aliphatic heterocycles. The zero-order valence-electron chi connectivity index (χ0n) is 15.0. The van der Waals surface area contributed by atoms with Crippen LogP contribution in [0, 0.1) is 0 Å². The monoisotopic (exact) mass is 396 g/mol. The third-order valence-electron chi connectivity index (χ3n) is 3.85. The first kappa shape index (κ1) is 19.3. The number of methoxy groups -OCH3 is 1. The minimum Gasteiger partial charge on any atom is -0.465 e. The van der Waals surface area contributed by atoms with Crippen LogP contribution in [0.5, 0.6) is 0 Å². The second-order valence-electron chi connectivity index (χ2n) is 5.76. The predicted octanol–water partition coefficient (Wildman–Crippen LogP) is 3.78. The summed E-state index contributed by atoms with van der Waals surface area (Å²) in [4.78, 5) is 32.5. The normalized spacial score (nSPS) is 10.2. The third-order valence-corrected chi connectivity index (χ3v) is 4.10. The molecule has 0 radical (unpaired) electrons. The van der Waals surface area contributed by atoms with Gasteiger partial charge in [0, 0.05) is 11.6 Å². The SMILES string of the molecule is COC(=O)c1ccccc1NC(=O)c1cnc(NCc2ccc(Cl)cc2)cn1. The third kappa shape index (κ3) is 4.83. The molecule has 3 rings (SSSR count). The number of carbonyl (C=O) groups excluding carboxylic acids is 2. The van der Waals surface area contributed by atoms with Crippen molar-refractivity contribution in [3.05, 3.63) is 82.8 Å². The molecule has 0 atom stereocenters. The molecule has 0 spiro atoms. The molecule has 3 aromatic rings. The molecule has 1 aromatic heterocycles. The molecule has 0 fully saturated rings. The summed E-state index contributed by atoms with van der Waals surface area (Å²) in [5.41, 5.74) is 1.75. The Labute approximate surface area is 166 Å². The first-order chi connectivity index (χ1) is 13.6. The number of hydrogen-bond acceptors (Lipinski definition) is 6. The minimum absolute atomic E-state index is 0.122. The average Bonchev–Trinajstić information content (AvgIpc) is 2.73. The lowest BCUT2D eigenvalue weighted by Crippen LogP contribution is -2.17. The van der Waals surface area contributed by atoms with Crippen molar-refractivity contribution in [3.63, 3.8) is 0 Å². The molecule has 1 heterocycles. The molecular weight excluding hydrogens is 380 g/mol. The number of aromatic nitrogens is 2. The fraction of sp³-hybridized carbons (Fsp3) is 0.100. The Morgan fingerprint density at radius 3 is 2.46 bits per heavy atom. The molecule has 7 nitrogen and oxygen atoms in total. The van der Waals surface area contributed by atoms with Gasteiger partial charge >= 0.3 is 5.97 Å². The quantitative estimate of drug-likeness (QED) is 0.616. The Bertz CT molecular complexity index is 976. The molecule has 2 aromatic carbocycles. The maximum absolute atomic E-state index is 12.4. The van der Waals surface area contributed by atoms with E-state index in [0.717, 1.165) is 5.56 Å². The van der Waals surface area contributed by atoms with Gasteiger partial charge in [0.15, 0.2) is 0 Å². The van der Waals surface area contributed by atoms with Crippen molar-refractivity contribution in [1.82, 2.24) is 9.97 Å². The van der Waals surface area contributed by atoms with Crippen LogP contribution in [0.4, 0.5) is 11.5 Å². The van der Waals surface area contributed by atoms with Crippen LogP contribution < -0.4 is 10.6 Å². The Morgan fingerprint density at radius 2 is 1.79 bits per heavy atom. The number of rotatable bonds is 6. The summed E-state index contributed by atoms with van der Waals surface area (Å²) < 4.78 is 4.72. The highest BCUT2D eigenvalue weighted by Gasteiger charge is 2.15. The number of halogens is 1. The highest BCUT2D eigenvalue weighted by Crippen LogP contribution is 2.17. The van der Waals surface area contributed by atoms with Gasteiger partial charge in [-0.05, 0) is 29.8 Å². The summed E-state index contributed by atoms with van der Waals surface area (Å²) in [7, 11) is 1.28.